The first-order valence-corrected chi connectivity index (χ1v) is 7.52. The predicted octanol–water partition coefficient (Wildman–Crippen LogP) is 4.53. The van der Waals surface area contributed by atoms with Crippen LogP contribution in [0.3, 0.4) is 0 Å². The van der Waals surface area contributed by atoms with E-state index in [-0.39, 0.29) is 5.82 Å². The molecule has 0 saturated heterocycles. The molecule has 2 nitrogen and oxygen atoms in total. The molecule has 0 fully saturated rings. The van der Waals surface area contributed by atoms with E-state index in [2.05, 4.69) is 0 Å². The van der Waals surface area contributed by atoms with Crippen LogP contribution in [0.25, 0.3) is 11.1 Å². The molecule has 3 heteroatoms. The average molecular weight is 307 g/mol. The molecule has 0 unspecified atom stereocenters. The number of nitrogens with two attached hydrogens (primary N) is 1. The van der Waals surface area contributed by atoms with Gasteiger partial charge in [0.05, 0.1) is 0 Å². The van der Waals surface area contributed by atoms with Gasteiger partial charge in [-0.2, -0.15) is 0 Å². The molecule has 0 atom stereocenters. The van der Waals surface area contributed by atoms with Gasteiger partial charge in [-0.25, -0.2) is 4.39 Å². The molecular formula is C20H18FNO. The molecule has 0 aliphatic heterocycles. The molecule has 0 amide bonds. The van der Waals surface area contributed by atoms with E-state index in [0.29, 0.717) is 13.2 Å². The summed E-state index contributed by atoms with van der Waals surface area (Å²) in [5.74, 6) is 0.512. The van der Waals surface area contributed by atoms with Crippen LogP contribution < -0.4 is 10.5 Å². The van der Waals surface area contributed by atoms with Gasteiger partial charge < -0.3 is 10.5 Å². The lowest BCUT2D eigenvalue weighted by atomic mass is 10.0. The van der Waals surface area contributed by atoms with Crippen molar-refractivity contribution in [2.24, 2.45) is 5.73 Å². The van der Waals surface area contributed by atoms with Crippen molar-refractivity contribution in [3.8, 4) is 16.9 Å². The fourth-order valence-corrected chi connectivity index (χ4v) is 2.46. The van der Waals surface area contributed by atoms with Gasteiger partial charge in [0.15, 0.2) is 0 Å². The fraction of sp³-hybridized carbons (Fsp3) is 0.100. The second kappa shape index (κ2) is 7.07. The summed E-state index contributed by atoms with van der Waals surface area (Å²) in [6.07, 6.45) is 0. The SMILES string of the molecule is NCc1cc(-c2cccc(F)c2)ccc1OCc1ccccc1. The van der Waals surface area contributed by atoms with Crippen LogP contribution in [0.15, 0.2) is 72.8 Å². The molecule has 3 aromatic carbocycles. The topological polar surface area (TPSA) is 35.2 Å². The molecule has 0 aliphatic rings. The van der Waals surface area contributed by atoms with Crippen LogP contribution in [0.2, 0.25) is 0 Å². The zero-order valence-electron chi connectivity index (χ0n) is 12.7. The van der Waals surface area contributed by atoms with Gasteiger partial charge in [0, 0.05) is 12.1 Å². The summed E-state index contributed by atoms with van der Waals surface area (Å²) in [4.78, 5) is 0. The third-order valence-electron chi connectivity index (χ3n) is 3.68. The van der Waals surface area contributed by atoms with Crippen molar-refractivity contribution >= 4 is 0 Å². The Morgan fingerprint density at radius 1 is 0.826 bits per heavy atom. The molecule has 0 aliphatic carbocycles. The molecule has 0 aromatic heterocycles. The second-order valence-corrected chi connectivity index (χ2v) is 5.31. The monoisotopic (exact) mass is 307 g/mol. The van der Waals surface area contributed by atoms with E-state index in [1.807, 2.05) is 54.6 Å². The Hall–Kier alpha value is -2.65. The summed E-state index contributed by atoms with van der Waals surface area (Å²) in [7, 11) is 0. The number of benzene rings is 3. The number of hydrogen-bond donors (Lipinski definition) is 1. The summed E-state index contributed by atoms with van der Waals surface area (Å²) >= 11 is 0. The van der Waals surface area contributed by atoms with E-state index >= 15 is 0 Å². The van der Waals surface area contributed by atoms with Crippen molar-refractivity contribution in [3.05, 3.63) is 89.7 Å². The lowest BCUT2D eigenvalue weighted by Crippen LogP contribution is -2.03. The first kappa shape index (κ1) is 15.3. The van der Waals surface area contributed by atoms with Gasteiger partial charge in [-0.3, -0.25) is 0 Å². The maximum Gasteiger partial charge on any atom is 0.124 e. The van der Waals surface area contributed by atoms with E-state index in [0.717, 1.165) is 28.0 Å². The van der Waals surface area contributed by atoms with Gasteiger partial charge in [0.1, 0.15) is 18.2 Å². The Balaban J connectivity index is 1.82. The lowest BCUT2D eigenvalue weighted by molar-refractivity contribution is 0.303. The van der Waals surface area contributed by atoms with E-state index in [9.17, 15) is 4.39 Å². The molecule has 2 N–H and O–H groups in total. The molecule has 116 valence electrons. The third-order valence-corrected chi connectivity index (χ3v) is 3.68. The standard InChI is InChI=1S/C20H18FNO/c21-19-8-4-7-16(12-19)17-9-10-20(18(11-17)13-22)23-14-15-5-2-1-3-6-15/h1-12H,13-14,22H2. The fourth-order valence-electron chi connectivity index (χ4n) is 2.46. The Labute approximate surface area is 135 Å². The van der Waals surface area contributed by atoms with Crippen molar-refractivity contribution < 1.29 is 9.13 Å². The molecule has 3 rings (SSSR count). The zero-order valence-corrected chi connectivity index (χ0v) is 12.7. The minimum absolute atomic E-state index is 0.249. The van der Waals surface area contributed by atoms with Crippen LogP contribution in [-0.4, -0.2) is 0 Å². The van der Waals surface area contributed by atoms with Crippen LogP contribution in [0.4, 0.5) is 4.39 Å². The van der Waals surface area contributed by atoms with Gasteiger partial charge >= 0.3 is 0 Å². The van der Waals surface area contributed by atoms with Gasteiger partial charge in [0.2, 0.25) is 0 Å². The molecule has 0 bridgehead atoms. The second-order valence-electron chi connectivity index (χ2n) is 5.31. The first-order valence-electron chi connectivity index (χ1n) is 7.52. The molecule has 0 spiro atoms. The zero-order chi connectivity index (χ0) is 16.1. The van der Waals surface area contributed by atoms with Crippen molar-refractivity contribution in [3.63, 3.8) is 0 Å². The highest BCUT2D eigenvalue weighted by Crippen LogP contribution is 2.27. The van der Waals surface area contributed by atoms with E-state index in [1.165, 1.54) is 12.1 Å². The average Bonchev–Trinajstić information content (AvgIpc) is 2.60. The summed E-state index contributed by atoms with van der Waals surface area (Å²) in [5.41, 5.74) is 9.61. The van der Waals surface area contributed by atoms with Crippen LogP contribution in [0.5, 0.6) is 5.75 Å². The Morgan fingerprint density at radius 2 is 1.61 bits per heavy atom. The molecule has 0 radical (unpaired) electrons. The van der Waals surface area contributed by atoms with Gasteiger partial charge in [0.25, 0.3) is 0 Å². The quantitative estimate of drug-likeness (QED) is 0.751. The minimum atomic E-state index is -0.249. The summed E-state index contributed by atoms with van der Waals surface area (Å²) in [6.45, 7) is 0.862. The predicted molar refractivity (Wildman–Crippen MR) is 90.5 cm³/mol. The number of halogens is 1. The molecule has 23 heavy (non-hydrogen) atoms. The van der Waals surface area contributed by atoms with Crippen LogP contribution in [0.1, 0.15) is 11.1 Å². The number of ether oxygens (including phenoxy) is 1. The number of hydrogen-bond acceptors (Lipinski definition) is 2. The molecule has 0 heterocycles. The van der Waals surface area contributed by atoms with Gasteiger partial charge in [-0.15, -0.1) is 0 Å². The summed E-state index contributed by atoms with van der Waals surface area (Å²) < 4.78 is 19.2. The lowest BCUT2D eigenvalue weighted by Gasteiger charge is -2.12. The van der Waals surface area contributed by atoms with Gasteiger partial charge in [-0.1, -0.05) is 48.5 Å². The highest BCUT2D eigenvalue weighted by atomic mass is 19.1. The van der Waals surface area contributed by atoms with Crippen molar-refractivity contribution in [2.45, 2.75) is 13.2 Å². The van der Waals surface area contributed by atoms with Gasteiger partial charge in [-0.05, 0) is 41.0 Å². The van der Waals surface area contributed by atoms with Crippen molar-refractivity contribution in [1.82, 2.24) is 0 Å². The first-order chi connectivity index (χ1) is 11.3. The summed E-state index contributed by atoms with van der Waals surface area (Å²) in [6, 6.07) is 22.3. The largest absolute Gasteiger partial charge is 0.489 e. The highest BCUT2D eigenvalue weighted by molar-refractivity contribution is 5.65. The molecular weight excluding hydrogens is 289 g/mol. The normalized spacial score (nSPS) is 10.5. The van der Waals surface area contributed by atoms with Crippen molar-refractivity contribution in [2.75, 3.05) is 0 Å². The van der Waals surface area contributed by atoms with E-state index < -0.39 is 0 Å². The Morgan fingerprint density at radius 3 is 2.35 bits per heavy atom. The van der Waals surface area contributed by atoms with Crippen molar-refractivity contribution in [1.29, 1.82) is 0 Å². The minimum Gasteiger partial charge on any atom is -0.489 e. The van der Waals surface area contributed by atoms with Crippen LogP contribution in [-0.2, 0) is 13.2 Å². The van der Waals surface area contributed by atoms with Crippen LogP contribution >= 0.6 is 0 Å². The molecule has 3 aromatic rings. The van der Waals surface area contributed by atoms with E-state index in [1.54, 1.807) is 6.07 Å². The maximum absolute atomic E-state index is 13.4. The Bertz CT molecular complexity index is 787. The van der Waals surface area contributed by atoms with E-state index in [4.69, 9.17) is 10.5 Å². The number of rotatable bonds is 5. The van der Waals surface area contributed by atoms with Crippen LogP contribution in [0, 0.1) is 5.82 Å². The smallest absolute Gasteiger partial charge is 0.124 e. The highest BCUT2D eigenvalue weighted by Gasteiger charge is 2.07. The summed E-state index contributed by atoms with van der Waals surface area (Å²) in [5, 5.41) is 0. The Kier molecular flexibility index (Phi) is 4.69. The third kappa shape index (κ3) is 3.76. The molecule has 0 saturated carbocycles. The maximum atomic E-state index is 13.4.